The van der Waals surface area contributed by atoms with Crippen LogP contribution in [-0.2, 0) is 5.41 Å². The van der Waals surface area contributed by atoms with E-state index >= 15 is 0 Å². The van der Waals surface area contributed by atoms with Crippen LogP contribution in [0.2, 0.25) is 0 Å². The van der Waals surface area contributed by atoms with Crippen LogP contribution in [0.1, 0.15) is 36.4 Å². The molecule has 0 unspecified atom stereocenters. The number of hydrogen-bond donors (Lipinski definition) is 2. The smallest absolute Gasteiger partial charge is 0.315 e. The summed E-state index contributed by atoms with van der Waals surface area (Å²) in [7, 11) is 0. The molecule has 1 fully saturated rings. The molecular weight excluding hydrogens is 326 g/mol. The van der Waals surface area contributed by atoms with Crippen LogP contribution < -0.4 is 20.1 Å². The van der Waals surface area contributed by atoms with Gasteiger partial charge in [0, 0.05) is 23.5 Å². The van der Waals surface area contributed by atoms with Crippen molar-refractivity contribution in [2.45, 2.75) is 31.2 Å². The van der Waals surface area contributed by atoms with Gasteiger partial charge in [-0.3, -0.25) is 0 Å². The summed E-state index contributed by atoms with van der Waals surface area (Å²) >= 11 is 1.54. The first-order valence-electron chi connectivity index (χ1n) is 8.00. The van der Waals surface area contributed by atoms with E-state index < -0.39 is 0 Å². The van der Waals surface area contributed by atoms with Gasteiger partial charge in [-0.25, -0.2) is 9.78 Å². The highest BCUT2D eigenvalue weighted by molar-refractivity contribution is 7.09. The van der Waals surface area contributed by atoms with Crippen LogP contribution in [0, 0.1) is 0 Å². The quantitative estimate of drug-likeness (QED) is 0.874. The number of nitrogens with one attached hydrogen (secondary N) is 2. The summed E-state index contributed by atoms with van der Waals surface area (Å²) in [6, 6.07) is 5.80. The lowest BCUT2D eigenvalue weighted by molar-refractivity contribution is 0.174. The molecule has 1 saturated carbocycles. The molecule has 126 valence electrons. The van der Waals surface area contributed by atoms with Gasteiger partial charge in [-0.05, 0) is 37.5 Å². The van der Waals surface area contributed by atoms with Gasteiger partial charge < -0.3 is 20.1 Å². The fourth-order valence-corrected chi connectivity index (χ4v) is 3.60. The number of urea groups is 1. The molecule has 2 N–H and O–H groups in total. The van der Waals surface area contributed by atoms with Crippen LogP contribution in [0.4, 0.5) is 4.79 Å². The van der Waals surface area contributed by atoms with Crippen molar-refractivity contribution in [2.75, 3.05) is 13.3 Å². The van der Waals surface area contributed by atoms with E-state index in [4.69, 9.17) is 9.47 Å². The van der Waals surface area contributed by atoms with Crippen molar-refractivity contribution >= 4 is 17.4 Å². The van der Waals surface area contributed by atoms with Crippen molar-refractivity contribution in [1.82, 2.24) is 15.6 Å². The van der Waals surface area contributed by atoms with Gasteiger partial charge in [-0.15, -0.1) is 11.3 Å². The molecule has 2 heterocycles. The number of fused-ring (bicyclic) bond motifs is 1. The third kappa shape index (κ3) is 2.91. The number of hydrogen-bond acceptors (Lipinski definition) is 5. The monoisotopic (exact) mass is 345 g/mol. The maximum absolute atomic E-state index is 12.2. The SMILES string of the molecule is C[C@H](NC(=O)NCC1(c2ccc3c(c2)OCO3)CC1)c1nccs1. The second-order valence-electron chi connectivity index (χ2n) is 6.27. The molecule has 2 aliphatic rings. The summed E-state index contributed by atoms with van der Waals surface area (Å²) in [6.07, 6.45) is 3.87. The molecule has 4 rings (SSSR count). The van der Waals surface area contributed by atoms with E-state index in [1.54, 1.807) is 6.20 Å². The largest absolute Gasteiger partial charge is 0.454 e. The van der Waals surface area contributed by atoms with E-state index in [1.807, 2.05) is 24.4 Å². The lowest BCUT2D eigenvalue weighted by Gasteiger charge is -2.18. The van der Waals surface area contributed by atoms with Gasteiger partial charge >= 0.3 is 6.03 Å². The van der Waals surface area contributed by atoms with Crippen molar-refractivity contribution in [3.8, 4) is 11.5 Å². The lowest BCUT2D eigenvalue weighted by Crippen LogP contribution is -2.40. The third-order valence-electron chi connectivity index (χ3n) is 4.60. The molecule has 1 aliphatic carbocycles. The van der Waals surface area contributed by atoms with E-state index in [0.717, 1.165) is 29.3 Å². The summed E-state index contributed by atoms with van der Waals surface area (Å²) in [5.41, 5.74) is 1.21. The van der Waals surface area contributed by atoms with Crippen molar-refractivity contribution in [3.05, 3.63) is 40.3 Å². The zero-order valence-corrected chi connectivity index (χ0v) is 14.2. The number of rotatable bonds is 5. The predicted octanol–water partition coefficient (Wildman–Crippen LogP) is 2.96. The highest BCUT2D eigenvalue weighted by atomic mass is 32.1. The molecule has 0 radical (unpaired) electrons. The molecule has 6 nitrogen and oxygen atoms in total. The molecule has 1 aromatic heterocycles. The molecule has 1 atom stereocenters. The molecule has 0 saturated heterocycles. The van der Waals surface area contributed by atoms with E-state index in [0.29, 0.717) is 6.54 Å². The van der Waals surface area contributed by atoms with E-state index in [9.17, 15) is 4.79 Å². The lowest BCUT2D eigenvalue weighted by atomic mass is 9.95. The number of thiazole rings is 1. The highest BCUT2D eigenvalue weighted by Gasteiger charge is 2.45. The normalized spacial score (nSPS) is 18.0. The average Bonchev–Trinajstić information content (AvgIpc) is 3.02. The fourth-order valence-electron chi connectivity index (χ4n) is 2.95. The summed E-state index contributed by atoms with van der Waals surface area (Å²) in [5.74, 6) is 1.58. The Kier molecular flexibility index (Phi) is 3.80. The van der Waals surface area contributed by atoms with Crippen LogP contribution in [-0.4, -0.2) is 24.4 Å². The summed E-state index contributed by atoms with van der Waals surface area (Å²) in [4.78, 5) is 16.4. The zero-order chi connectivity index (χ0) is 16.6. The van der Waals surface area contributed by atoms with Gasteiger partial charge in [0.2, 0.25) is 6.79 Å². The topological polar surface area (TPSA) is 72.5 Å². The van der Waals surface area contributed by atoms with Crippen molar-refractivity contribution in [3.63, 3.8) is 0 Å². The Bertz CT molecular complexity index is 744. The third-order valence-corrected chi connectivity index (χ3v) is 5.55. The number of amides is 2. The number of aromatic nitrogens is 1. The van der Waals surface area contributed by atoms with Crippen molar-refractivity contribution in [2.24, 2.45) is 0 Å². The number of ether oxygens (including phenoxy) is 2. The van der Waals surface area contributed by atoms with Crippen LogP contribution in [0.3, 0.4) is 0 Å². The zero-order valence-electron chi connectivity index (χ0n) is 13.4. The standard InChI is InChI=1S/C17H19N3O3S/c1-11(15-18-6-7-24-15)20-16(21)19-9-17(4-5-17)12-2-3-13-14(8-12)23-10-22-13/h2-3,6-8,11H,4-5,9-10H2,1H3,(H2,19,20,21)/t11-/m0/s1. The maximum atomic E-state index is 12.2. The highest BCUT2D eigenvalue weighted by Crippen LogP contribution is 2.49. The number of nitrogens with zero attached hydrogens (tertiary/aromatic N) is 1. The molecule has 0 bridgehead atoms. The Morgan fingerprint density at radius 3 is 2.96 bits per heavy atom. The second-order valence-corrected chi connectivity index (χ2v) is 7.19. The Labute approximate surface area is 144 Å². The predicted molar refractivity (Wildman–Crippen MR) is 90.5 cm³/mol. The van der Waals surface area contributed by atoms with E-state index in [1.165, 1.54) is 16.9 Å². The fraction of sp³-hybridized carbons (Fsp3) is 0.412. The first kappa shape index (κ1) is 15.3. The van der Waals surface area contributed by atoms with Crippen molar-refractivity contribution in [1.29, 1.82) is 0 Å². The van der Waals surface area contributed by atoms with Crippen molar-refractivity contribution < 1.29 is 14.3 Å². The molecule has 7 heteroatoms. The molecule has 0 spiro atoms. The molecular formula is C17H19N3O3S. The Morgan fingerprint density at radius 1 is 1.38 bits per heavy atom. The van der Waals surface area contributed by atoms with Gasteiger partial charge in [0.15, 0.2) is 11.5 Å². The van der Waals surface area contributed by atoms with Crippen LogP contribution in [0.5, 0.6) is 11.5 Å². The number of carbonyl (C=O) groups is 1. The van der Waals surface area contributed by atoms with Crippen LogP contribution in [0.25, 0.3) is 0 Å². The van der Waals surface area contributed by atoms with Crippen LogP contribution >= 0.6 is 11.3 Å². The minimum atomic E-state index is -0.162. The van der Waals surface area contributed by atoms with Crippen LogP contribution in [0.15, 0.2) is 29.8 Å². The Balaban J connectivity index is 1.36. The van der Waals surface area contributed by atoms with Gasteiger partial charge in [0.25, 0.3) is 0 Å². The number of carbonyl (C=O) groups excluding carboxylic acids is 1. The number of benzene rings is 1. The molecule has 2 aromatic rings. The van der Waals surface area contributed by atoms with Gasteiger partial charge in [0.05, 0.1) is 6.04 Å². The molecule has 1 aromatic carbocycles. The Morgan fingerprint density at radius 2 is 2.21 bits per heavy atom. The second kappa shape index (κ2) is 5.98. The first-order chi connectivity index (χ1) is 11.7. The Hall–Kier alpha value is -2.28. The van der Waals surface area contributed by atoms with Gasteiger partial charge in [-0.2, -0.15) is 0 Å². The molecule has 24 heavy (non-hydrogen) atoms. The summed E-state index contributed by atoms with van der Waals surface area (Å²) < 4.78 is 10.8. The minimum Gasteiger partial charge on any atom is -0.454 e. The molecule has 1 aliphatic heterocycles. The first-order valence-corrected chi connectivity index (χ1v) is 8.88. The summed E-state index contributed by atoms with van der Waals surface area (Å²) in [6.45, 7) is 2.83. The van der Waals surface area contributed by atoms with E-state index in [-0.39, 0.29) is 24.3 Å². The maximum Gasteiger partial charge on any atom is 0.315 e. The van der Waals surface area contributed by atoms with Gasteiger partial charge in [-0.1, -0.05) is 6.07 Å². The molecule has 2 amide bonds. The summed E-state index contributed by atoms with van der Waals surface area (Å²) in [5, 5.41) is 8.74. The van der Waals surface area contributed by atoms with Gasteiger partial charge in [0.1, 0.15) is 5.01 Å². The van der Waals surface area contributed by atoms with E-state index in [2.05, 4.69) is 21.7 Å². The average molecular weight is 345 g/mol. The minimum absolute atomic E-state index is 0.0166.